The van der Waals surface area contributed by atoms with E-state index in [4.69, 9.17) is 0 Å². The average molecular weight is 463 g/mol. The Morgan fingerprint density at radius 2 is 1.31 bits per heavy atom. The van der Waals surface area contributed by atoms with Crippen molar-refractivity contribution in [2.45, 2.75) is 31.6 Å². The number of nitro benzene ring substituents is 2. The van der Waals surface area contributed by atoms with Crippen molar-refractivity contribution in [3.8, 4) is 22.3 Å². The van der Waals surface area contributed by atoms with E-state index in [-0.39, 0.29) is 21.2 Å². The predicted molar refractivity (Wildman–Crippen MR) is 135 cm³/mol. The molecule has 0 saturated heterocycles. The molecule has 172 valence electrons. The van der Waals surface area contributed by atoms with Gasteiger partial charge >= 0.3 is 0 Å². The molecule has 4 aromatic carbocycles. The van der Waals surface area contributed by atoms with Gasteiger partial charge in [0.15, 0.2) is 0 Å². The first-order valence-corrected chi connectivity index (χ1v) is 11.8. The lowest BCUT2D eigenvalue weighted by molar-refractivity contribution is -0.385. The Morgan fingerprint density at radius 1 is 0.714 bits per heavy atom. The number of benzene rings is 4. The van der Waals surface area contributed by atoms with E-state index in [9.17, 15) is 20.2 Å². The van der Waals surface area contributed by atoms with Gasteiger partial charge in [0.2, 0.25) is 0 Å². The number of hydrogen-bond donors (Lipinski definition) is 0. The lowest BCUT2D eigenvalue weighted by atomic mass is 9.68. The first-order chi connectivity index (χ1) is 17.0. The number of hydrogen-bond acceptors (Lipinski definition) is 4. The van der Waals surface area contributed by atoms with Crippen LogP contribution < -0.4 is 0 Å². The maximum absolute atomic E-state index is 12.2. The van der Waals surface area contributed by atoms with Gasteiger partial charge in [-0.05, 0) is 69.5 Å². The van der Waals surface area contributed by atoms with Gasteiger partial charge in [-0.3, -0.25) is 20.2 Å². The molecule has 2 aliphatic rings. The van der Waals surface area contributed by atoms with E-state index in [0.29, 0.717) is 6.42 Å². The van der Waals surface area contributed by atoms with Crippen LogP contribution in [0.4, 0.5) is 11.4 Å². The Bertz CT molecular complexity index is 1550. The third-order valence-corrected chi connectivity index (χ3v) is 7.50. The van der Waals surface area contributed by atoms with E-state index in [1.807, 2.05) is 42.5 Å². The van der Waals surface area contributed by atoms with Crippen LogP contribution in [0.1, 0.15) is 47.6 Å². The van der Waals surface area contributed by atoms with Gasteiger partial charge in [-0.25, -0.2) is 0 Å². The molecule has 6 heteroatoms. The zero-order valence-electron chi connectivity index (χ0n) is 19.2. The molecule has 0 saturated carbocycles. The summed E-state index contributed by atoms with van der Waals surface area (Å²) in [5.41, 5.74) is 7.66. The number of non-ortho nitro benzene ring substituents is 1. The summed E-state index contributed by atoms with van der Waals surface area (Å²) in [6.45, 7) is 2.07. The van der Waals surface area contributed by atoms with Crippen molar-refractivity contribution in [3.05, 3.63) is 127 Å². The fraction of sp³-hybridized carbons (Fsp3) is 0.172. The lowest BCUT2D eigenvalue weighted by Crippen LogP contribution is -2.27. The van der Waals surface area contributed by atoms with E-state index in [2.05, 4.69) is 25.1 Å². The van der Waals surface area contributed by atoms with Gasteiger partial charge in [0.25, 0.3) is 11.4 Å². The molecular weight excluding hydrogens is 440 g/mol. The molecule has 0 aromatic heterocycles. The van der Waals surface area contributed by atoms with Crippen LogP contribution in [-0.4, -0.2) is 9.85 Å². The molecule has 0 fully saturated rings. The zero-order chi connectivity index (χ0) is 24.3. The second-order valence-electron chi connectivity index (χ2n) is 9.17. The minimum absolute atomic E-state index is 0.0161. The molecule has 6 rings (SSSR count). The van der Waals surface area contributed by atoms with Crippen molar-refractivity contribution in [3.63, 3.8) is 0 Å². The molecule has 0 aliphatic heterocycles. The molecule has 0 bridgehead atoms. The molecule has 0 heterocycles. The smallest absolute Gasteiger partial charge is 0.258 e. The summed E-state index contributed by atoms with van der Waals surface area (Å²) in [4.78, 5) is 23.4. The molecule has 0 N–H and O–H groups in total. The van der Waals surface area contributed by atoms with Gasteiger partial charge in [-0.15, -0.1) is 0 Å². The van der Waals surface area contributed by atoms with E-state index < -0.39 is 5.41 Å². The van der Waals surface area contributed by atoms with Crippen molar-refractivity contribution in [2.24, 2.45) is 0 Å². The Hall–Kier alpha value is -4.32. The van der Waals surface area contributed by atoms with E-state index in [1.54, 1.807) is 18.2 Å². The van der Waals surface area contributed by atoms with Crippen molar-refractivity contribution < 1.29 is 9.85 Å². The molecule has 35 heavy (non-hydrogen) atoms. The second-order valence-corrected chi connectivity index (χ2v) is 9.17. The van der Waals surface area contributed by atoms with Crippen molar-refractivity contribution in [1.82, 2.24) is 0 Å². The largest absolute Gasteiger partial charge is 0.272 e. The molecule has 1 unspecified atom stereocenters. The van der Waals surface area contributed by atoms with E-state index in [0.717, 1.165) is 62.9 Å². The monoisotopic (exact) mass is 462 g/mol. The summed E-state index contributed by atoms with van der Waals surface area (Å²) in [7, 11) is 0. The highest BCUT2D eigenvalue weighted by Gasteiger charge is 2.54. The Morgan fingerprint density at radius 3 is 1.94 bits per heavy atom. The molecule has 1 atom stereocenters. The van der Waals surface area contributed by atoms with Gasteiger partial charge in [-0.1, -0.05) is 61.9 Å². The van der Waals surface area contributed by atoms with Crippen LogP contribution in [0.25, 0.3) is 22.3 Å². The van der Waals surface area contributed by atoms with Gasteiger partial charge in [0, 0.05) is 23.8 Å². The van der Waals surface area contributed by atoms with Crippen LogP contribution in [0.2, 0.25) is 0 Å². The second kappa shape index (κ2) is 7.60. The van der Waals surface area contributed by atoms with Crippen LogP contribution in [0, 0.1) is 20.2 Å². The first kappa shape index (κ1) is 21.2. The quantitative estimate of drug-likeness (QED) is 0.200. The maximum atomic E-state index is 12.2. The van der Waals surface area contributed by atoms with Crippen LogP contribution in [-0.2, 0) is 11.8 Å². The lowest BCUT2D eigenvalue weighted by Gasteiger charge is -2.31. The summed E-state index contributed by atoms with van der Waals surface area (Å²) < 4.78 is 0. The molecule has 6 nitrogen and oxygen atoms in total. The predicted octanol–water partition coefficient (Wildman–Crippen LogP) is 7.19. The summed E-state index contributed by atoms with van der Waals surface area (Å²) in [6.07, 6.45) is 2.28. The molecular formula is C29H22N2O4. The highest BCUT2D eigenvalue weighted by Crippen LogP contribution is 2.64. The Balaban J connectivity index is 1.83. The summed E-state index contributed by atoms with van der Waals surface area (Å²) in [5, 5.41) is 24.0. The molecule has 1 spiro atoms. The van der Waals surface area contributed by atoms with Gasteiger partial charge in [-0.2, -0.15) is 0 Å². The topological polar surface area (TPSA) is 86.3 Å². The maximum Gasteiger partial charge on any atom is 0.272 e. The third kappa shape index (κ3) is 2.71. The third-order valence-electron chi connectivity index (χ3n) is 7.50. The molecule has 0 amide bonds. The Kier molecular flexibility index (Phi) is 4.61. The van der Waals surface area contributed by atoms with Crippen molar-refractivity contribution in [2.75, 3.05) is 0 Å². The number of fused-ring (bicyclic) bond motifs is 10. The number of nitrogens with zero attached hydrogens (tertiary/aromatic N) is 2. The summed E-state index contributed by atoms with van der Waals surface area (Å²) in [5.74, 6) is 0. The normalized spacial score (nSPS) is 16.5. The van der Waals surface area contributed by atoms with E-state index >= 15 is 0 Å². The number of unbranched alkanes of at least 4 members (excludes halogenated alkanes) is 1. The van der Waals surface area contributed by atoms with Crippen LogP contribution in [0.5, 0.6) is 0 Å². The highest BCUT2D eigenvalue weighted by atomic mass is 16.6. The first-order valence-electron chi connectivity index (χ1n) is 11.8. The van der Waals surface area contributed by atoms with Crippen LogP contribution in [0.15, 0.2) is 78.9 Å². The van der Waals surface area contributed by atoms with Gasteiger partial charge in [0.1, 0.15) is 0 Å². The van der Waals surface area contributed by atoms with Crippen molar-refractivity contribution in [1.29, 1.82) is 0 Å². The van der Waals surface area contributed by atoms with Crippen LogP contribution in [0.3, 0.4) is 0 Å². The average Bonchev–Trinajstić information content (AvgIpc) is 3.34. The fourth-order valence-corrected chi connectivity index (χ4v) is 6.19. The van der Waals surface area contributed by atoms with Crippen molar-refractivity contribution >= 4 is 11.4 Å². The summed E-state index contributed by atoms with van der Waals surface area (Å²) in [6, 6.07) is 24.6. The highest BCUT2D eigenvalue weighted by molar-refractivity contribution is 5.96. The minimum atomic E-state index is -0.848. The SMILES string of the molecule is CCCCc1c([N+](=O)[O-])ccc2c1C1(c3ccccc3-c3ccc([N+](=O)[O-])cc31)c1ccccc1-2. The molecule has 0 radical (unpaired) electrons. The van der Waals surface area contributed by atoms with Crippen LogP contribution >= 0.6 is 0 Å². The van der Waals surface area contributed by atoms with E-state index in [1.165, 1.54) is 0 Å². The zero-order valence-corrected chi connectivity index (χ0v) is 19.2. The Labute approximate surface area is 202 Å². The fourth-order valence-electron chi connectivity index (χ4n) is 6.19. The standard InChI is InChI=1S/C29H22N2O4/c1-2-3-8-23-27(31(34)35)16-15-22-20-10-5-7-12-25(20)29(28(22)23)24-11-6-4-9-19(24)21-14-13-18(30(32)33)17-26(21)29/h4-7,9-17H,2-3,8H2,1H3. The number of nitro groups is 2. The number of rotatable bonds is 5. The molecule has 4 aromatic rings. The minimum Gasteiger partial charge on any atom is -0.258 e. The molecule has 2 aliphatic carbocycles. The summed E-state index contributed by atoms with van der Waals surface area (Å²) >= 11 is 0. The van der Waals surface area contributed by atoms with Gasteiger partial charge < -0.3 is 0 Å². The van der Waals surface area contributed by atoms with Gasteiger partial charge in [0.05, 0.1) is 15.3 Å².